The van der Waals surface area contributed by atoms with Crippen LogP contribution >= 0.6 is 0 Å². The Balaban J connectivity index is 2.28. The molecule has 1 aliphatic heterocycles. The molecule has 0 aromatic heterocycles. The number of unbranched alkanes of at least 4 members (excludes halogenated alkanes) is 2. The van der Waals surface area contributed by atoms with Crippen LogP contribution in [0.3, 0.4) is 0 Å². The normalized spacial score (nSPS) is 17.9. The van der Waals surface area contributed by atoms with Crippen LogP contribution in [-0.4, -0.2) is 11.0 Å². The van der Waals surface area contributed by atoms with Crippen LogP contribution in [0.15, 0.2) is 29.6 Å². The van der Waals surface area contributed by atoms with Crippen molar-refractivity contribution in [3.8, 4) is 0 Å². The highest BCUT2D eigenvalue weighted by atomic mass is 16.4. The third-order valence-electron chi connectivity index (χ3n) is 3.54. The average molecular weight is 259 g/mol. The Labute approximate surface area is 114 Å². The summed E-state index contributed by atoms with van der Waals surface area (Å²) < 4.78 is 0. The van der Waals surface area contributed by atoms with Gasteiger partial charge in [0.2, 0.25) is 0 Å². The molecule has 102 valence electrons. The number of nitrogens with two attached hydrogens (primary N) is 1. The monoisotopic (exact) mass is 259 g/mol. The molecular weight excluding hydrogens is 238 g/mol. The van der Waals surface area contributed by atoms with Crippen molar-refractivity contribution in [3.63, 3.8) is 0 Å². The Bertz CT molecular complexity index is 494. The van der Waals surface area contributed by atoms with Crippen molar-refractivity contribution in [1.82, 2.24) is 5.32 Å². The van der Waals surface area contributed by atoms with E-state index in [1.807, 2.05) is 24.4 Å². The van der Waals surface area contributed by atoms with E-state index >= 15 is 0 Å². The molecule has 1 unspecified atom stereocenters. The zero-order valence-electron chi connectivity index (χ0n) is 11.3. The molecule has 0 saturated heterocycles. The van der Waals surface area contributed by atoms with Gasteiger partial charge in [-0.25, -0.2) is 0 Å². The van der Waals surface area contributed by atoms with Gasteiger partial charge in [0.15, 0.2) is 5.84 Å². The second-order valence-corrected chi connectivity index (χ2v) is 4.84. The molecule has 4 heteroatoms. The van der Waals surface area contributed by atoms with Crippen LogP contribution in [0.25, 0.3) is 6.08 Å². The molecule has 1 aromatic carbocycles. The Morgan fingerprint density at radius 3 is 3.00 bits per heavy atom. The van der Waals surface area contributed by atoms with Gasteiger partial charge in [0.1, 0.15) is 0 Å². The lowest BCUT2D eigenvalue weighted by Gasteiger charge is -2.25. The highest BCUT2D eigenvalue weighted by Gasteiger charge is 2.19. The molecule has 0 spiro atoms. The first kappa shape index (κ1) is 13.5. The van der Waals surface area contributed by atoms with Gasteiger partial charge in [0.05, 0.1) is 6.04 Å². The van der Waals surface area contributed by atoms with E-state index in [4.69, 9.17) is 10.9 Å². The molecule has 0 bridgehead atoms. The third kappa shape index (κ3) is 2.89. The third-order valence-corrected chi connectivity index (χ3v) is 3.54. The molecule has 0 radical (unpaired) electrons. The van der Waals surface area contributed by atoms with Gasteiger partial charge in [-0.15, -0.1) is 0 Å². The number of fused-ring (bicyclic) bond motifs is 1. The summed E-state index contributed by atoms with van der Waals surface area (Å²) in [6, 6.07) is 6.27. The van der Waals surface area contributed by atoms with Gasteiger partial charge in [-0.2, -0.15) is 0 Å². The molecule has 0 aliphatic carbocycles. The first-order valence-electron chi connectivity index (χ1n) is 6.81. The van der Waals surface area contributed by atoms with E-state index in [1.54, 1.807) is 0 Å². The minimum absolute atomic E-state index is 0.163. The lowest BCUT2D eigenvalue weighted by molar-refractivity contribution is 0.318. The number of benzene rings is 1. The van der Waals surface area contributed by atoms with Crippen LogP contribution in [0.1, 0.15) is 55.3 Å². The summed E-state index contributed by atoms with van der Waals surface area (Å²) in [4.78, 5) is 0. The first-order valence-corrected chi connectivity index (χ1v) is 6.81. The van der Waals surface area contributed by atoms with Crippen LogP contribution in [0.2, 0.25) is 0 Å². The van der Waals surface area contributed by atoms with E-state index in [0.29, 0.717) is 6.04 Å². The van der Waals surface area contributed by atoms with Gasteiger partial charge in [0, 0.05) is 5.56 Å². The summed E-state index contributed by atoms with van der Waals surface area (Å²) in [7, 11) is 0. The highest BCUT2D eigenvalue weighted by molar-refractivity contribution is 6.00. The van der Waals surface area contributed by atoms with Crippen molar-refractivity contribution in [3.05, 3.63) is 41.1 Å². The SMILES string of the molecule is CCCCCC1NC=Cc2c(/C(N)=N/O)cccc21. The zero-order valence-corrected chi connectivity index (χ0v) is 11.3. The Morgan fingerprint density at radius 1 is 1.42 bits per heavy atom. The van der Waals surface area contributed by atoms with Crippen LogP contribution in [0.4, 0.5) is 0 Å². The van der Waals surface area contributed by atoms with Crippen molar-refractivity contribution in [1.29, 1.82) is 0 Å². The van der Waals surface area contributed by atoms with Crippen LogP contribution in [0.5, 0.6) is 0 Å². The fraction of sp³-hybridized carbons (Fsp3) is 0.400. The summed E-state index contributed by atoms with van der Waals surface area (Å²) in [5.41, 5.74) is 8.80. The minimum Gasteiger partial charge on any atom is -0.409 e. The van der Waals surface area contributed by atoms with Gasteiger partial charge in [0.25, 0.3) is 0 Å². The van der Waals surface area contributed by atoms with E-state index < -0.39 is 0 Å². The van der Waals surface area contributed by atoms with Crippen LogP contribution < -0.4 is 11.1 Å². The standard InChI is InChI=1S/C15H21N3O/c1-2-3-4-8-14-12-6-5-7-13(15(16)18-19)11(12)9-10-17-14/h5-7,9-10,14,17,19H,2-4,8H2,1H3,(H2,16,18). The van der Waals surface area contributed by atoms with Gasteiger partial charge < -0.3 is 16.3 Å². The maximum absolute atomic E-state index is 8.85. The van der Waals surface area contributed by atoms with Crippen molar-refractivity contribution in [2.24, 2.45) is 10.9 Å². The molecule has 2 rings (SSSR count). The zero-order chi connectivity index (χ0) is 13.7. The summed E-state index contributed by atoms with van der Waals surface area (Å²) in [6.45, 7) is 2.21. The average Bonchev–Trinajstić information content (AvgIpc) is 2.46. The number of rotatable bonds is 5. The second kappa shape index (κ2) is 6.27. The van der Waals surface area contributed by atoms with Gasteiger partial charge in [-0.1, -0.05) is 49.5 Å². The Hall–Kier alpha value is -1.97. The van der Waals surface area contributed by atoms with E-state index in [2.05, 4.69) is 23.5 Å². The van der Waals surface area contributed by atoms with Crippen molar-refractivity contribution in [2.45, 2.75) is 38.6 Å². The summed E-state index contributed by atoms with van der Waals surface area (Å²) in [6.07, 6.45) is 8.71. The van der Waals surface area contributed by atoms with E-state index in [1.165, 1.54) is 24.8 Å². The number of nitrogens with zero attached hydrogens (tertiary/aromatic N) is 1. The molecule has 0 amide bonds. The van der Waals surface area contributed by atoms with Crippen LogP contribution in [0, 0.1) is 0 Å². The molecule has 19 heavy (non-hydrogen) atoms. The Kier molecular flexibility index (Phi) is 4.44. The summed E-state index contributed by atoms with van der Waals surface area (Å²) >= 11 is 0. The molecular formula is C15H21N3O. The van der Waals surface area contributed by atoms with E-state index in [-0.39, 0.29) is 5.84 Å². The maximum Gasteiger partial charge on any atom is 0.170 e. The highest BCUT2D eigenvalue weighted by Crippen LogP contribution is 2.29. The lowest BCUT2D eigenvalue weighted by atomic mass is 9.90. The molecule has 1 atom stereocenters. The predicted molar refractivity (Wildman–Crippen MR) is 78.0 cm³/mol. The topological polar surface area (TPSA) is 70.6 Å². The smallest absolute Gasteiger partial charge is 0.170 e. The second-order valence-electron chi connectivity index (χ2n) is 4.84. The molecule has 1 aromatic rings. The quantitative estimate of drug-likeness (QED) is 0.250. The van der Waals surface area contributed by atoms with Gasteiger partial charge in [-0.05, 0) is 29.8 Å². The minimum atomic E-state index is 0.163. The first-order chi connectivity index (χ1) is 9.27. The van der Waals surface area contributed by atoms with Gasteiger partial charge >= 0.3 is 0 Å². The van der Waals surface area contributed by atoms with Gasteiger partial charge in [-0.3, -0.25) is 0 Å². The fourth-order valence-electron chi connectivity index (χ4n) is 2.52. The van der Waals surface area contributed by atoms with E-state index in [9.17, 15) is 0 Å². The predicted octanol–water partition coefficient (Wildman–Crippen LogP) is 2.98. The summed E-state index contributed by atoms with van der Waals surface area (Å²) in [5, 5.41) is 15.4. The maximum atomic E-state index is 8.85. The number of hydrogen-bond acceptors (Lipinski definition) is 3. The van der Waals surface area contributed by atoms with Crippen molar-refractivity contribution < 1.29 is 5.21 Å². The van der Waals surface area contributed by atoms with Crippen molar-refractivity contribution >= 4 is 11.9 Å². The number of oxime groups is 1. The van der Waals surface area contributed by atoms with Crippen LogP contribution in [-0.2, 0) is 0 Å². The Morgan fingerprint density at radius 2 is 2.26 bits per heavy atom. The number of hydrogen-bond donors (Lipinski definition) is 3. The lowest BCUT2D eigenvalue weighted by Crippen LogP contribution is -2.23. The largest absolute Gasteiger partial charge is 0.409 e. The molecule has 1 aliphatic rings. The number of amidine groups is 1. The van der Waals surface area contributed by atoms with E-state index in [0.717, 1.165) is 17.5 Å². The molecule has 0 saturated carbocycles. The molecule has 1 heterocycles. The number of nitrogens with one attached hydrogen (secondary N) is 1. The molecule has 0 fully saturated rings. The fourth-order valence-corrected chi connectivity index (χ4v) is 2.52. The molecule has 4 nitrogen and oxygen atoms in total. The molecule has 4 N–H and O–H groups in total. The van der Waals surface area contributed by atoms with Crippen molar-refractivity contribution in [2.75, 3.05) is 0 Å². The summed E-state index contributed by atoms with van der Waals surface area (Å²) in [5.74, 6) is 0.163.